The first-order valence-corrected chi connectivity index (χ1v) is 8.98. The van der Waals surface area contributed by atoms with Gasteiger partial charge in [0.1, 0.15) is 0 Å². The Kier molecular flexibility index (Phi) is 5.56. The van der Waals surface area contributed by atoms with Crippen LogP contribution < -0.4 is 10.2 Å². The molecule has 5 heteroatoms. The summed E-state index contributed by atoms with van der Waals surface area (Å²) in [6, 6.07) is 15.0. The molecule has 0 radical (unpaired) electrons. The number of amides is 2. The van der Waals surface area contributed by atoms with Gasteiger partial charge in [-0.05, 0) is 54.8 Å². The first-order chi connectivity index (χ1) is 12.5. The topological polar surface area (TPSA) is 52.7 Å². The number of nitrogens with one attached hydrogen (secondary N) is 1. The molecule has 0 aromatic heterocycles. The molecule has 0 spiro atoms. The Morgan fingerprint density at radius 1 is 0.962 bits per heavy atom. The lowest BCUT2D eigenvalue weighted by Crippen LogP contribution is -2.29. The van der Waals surface area contributed by atoms with E-state index in [4.69, 9.17) is 0 Å². The van der Waals surface area contributed by atoms with E-state index in [-0.39, 0.29) is 11.8 Å². The lowest BCUT2D eigenvalue weighted by atomic mass is 10.1. The summed E-state index contributed by atoms with van der Waals surface area (Å²) in [6.07, 6.45) is 2.62. The van der Waals surface area contributed by atoms with E-state index >= 15 is 0 Å². The second kappa shape index (κ2) is 8.04. The first kappa shape index (κ1) is 18.0. The third-order valence-electron chi connectivity index (χ3n) is 4.67. The summed E-state index contributed by atoms with van der Waals surface area (Å²) in [4.78, 5) is 28.5. The number of anilines is 2. The molecule has 5 nitrogen and oxygen atoms in total. The zero-order chi connectivity index (χ0) is 18.5. The van der Waals surface area contributed by atoms with Crippen molar-refractivity contribution in [3.63, 3.8) is 0 Å². The number of nitrogens with zero attached hydrogens (tertiary/aromatic N) is 2. The van der Waals surface area contributed by atoms with Crippen molar-refractivity contribution in [1.29, 1.82) is 0 Å². The molecule has 1 N–H and O–H groups in total. The summed E-state index contributed by atoms with van der Waals surface area (Å²) in [5.41, 5.74) is 3.36. The summed E-state index contributed by atoms with van der Waals surface area (Å²) < 4.78 is 0. The van der Waals surface area contributed by atoms with Crippen molar-refractivity contribution >= 4 is 23.2 Å². The quantitative estimate of drug-likeness (QED) is 0.900. The molecule has 0 unspecified atom stereocenters. The lowest BCUT2D eigenvalue weighted by molar-refractivity contribution is -0.129. The number of hydrogen-bond donors (Lipinski definition) is 1. The van der Waals surface area contributed by atoms with Crippen LogP contribution in [0.15, 0.2) is 48.5 Å². The Labute approximate surface area is 154 Å². The van der Waals surface area contributed by atoms with Gasteiger partial charge >= 0.3 is 0 Å². The highest BCUT2D eigenvalue weighted by Crippen LogP contribution is 2.16. The van der Waals surface area contributed by atoms with E-state index in [1.807, 2.05) is 72.4 Å². The number of hydrogen-bond acceptors (Lipinski definition) is 3. The minimum absolute atomic E-state index is 0.142. The molecule has 0 saturated carbocycles. The van der Waals surface area contributed by atoms with Crippen LogP contribution >= 0.6 is 0 Å². The van der Waals surface area contributed by atoms with Gasteiger partial charge in [0.2, 0.25) is 5.91 Å². The van der Waals surface area contributed by atoms with Crippen LogP contribution in [0.4, 0.5) is 11.4 Å². The van der Waals surface area contributed by atoms with E-state index in [2.05, 4.69) is 5.32 Å². The van der Waals surface area contributed by atoms with Gasteiger partial charge in [-0.15, -0.1) is 0 Å². The molecule has 1 heterocycles. The Hall–Kier alpha value is -2.82. The predicted molar refractivity (Wildman–Crippen MR) is 105 cm³/mol. The van der Waals surface area contributed by atoms with Crippen LogP contribution in [0, 0.1) is 0 Å². The molecule has 2 aromatic rings. The van der Waals surface area contributed by atoms with Crippen LogP contribution in [0.1, 0.15) is 28.8 Å². The van der Waals surface area contributed by atoms with Crippen LogP contribution in [-0.2, 0) is 11.2 Å². The van der Waals surface area contributed by atoms with Gasteiger partial charge in [0.15, 0.2) is 0 Å². The third-order valence-corrected chi connectivity index (χ3v) is 4.67. The van der Waals surface area contributed by atoms with E-state index in [0.717, 1.165) is 42.9 Å². The lowest BCUT2D eigenvalue weighted by Gasteiger charge is -2.15. The SMILES string of the molecule is CN(C)c1ccc(C(=O)Nc2ccc(CC(=O)N3CCCC3)cc2)cc1. The minimum Gasteiger partial charge on any atom is -0.378 e. The molecule has 1 saturated heterocycles. The second-order valence-electron chi connectivity index (χ2n) is 6.86. The van der Waals surface area contributed by atoms with Crippen LogP contribution in [0.25, 0.3) is 0 Å². The van der Waals surface area contributed by atoms with Gasteiger partial charge in [-0.3, -0.25) is 9.59 Å². The highest BCUT2D eigenvalue weighted by atomic mass is 16.2. The monoisotopic (exact) mass is 351 g/mol. The molecule has 0 bridgehead atoms. The fraction of sp³-hybridized carbons (Fsp3) is 0.333. The summed E-state index contributed by atoms with van der Waals surface area (Å²) in [5, 5.41) is 2.89. The molecule has 26 heavy (non-hydrogen) atoms. The molecule has 1 fully saturated rings. The standard InChI is InChI=1S/C21H25N3O2/c1-23(2)19-11-7-17(8-12-19)21(26)22-18-9-5-16(6-10-18)15-20(25)24-13-3-4-14-24/h5-12H,3-4,13-15H2,1-2H3,(H,22,26). The highest BCUT2D eigenvalue weighted by Gasteiger charge is 2.17. The van der Waals surface area contributed by atoms with Crippen molar-refractivity contribution in [3.05, 3.63) is 59.7 Å². The summed E-state index contributed by atoms with van der Waals surface area (Å²) in [6.45, 7) is 1.75. The Morgan fingerprint density at radius 3 is 2.15 bits per heavy atom. The number of carbonyl (C=O) groups is 2. The second-order valence-corrected chi connectivity index (χ2v) is 6.86. The van der Waals surface area contributed by atoms with Gasteiger partial charge in [0.05, 0.1) is 6.42 Å². The van der Waals surface area contributed by atoms with Crippen LogP contribution in [0.3, 0.4) is 0 Å². The Balaban J connectivity index is 1.58. The van der Waals surface area contributed by atoms with E-state index in [9.17, 15) is 9.59 Å². The summed E-state index contributed by atoms with van der Waals surface area (Å²) in [7, 11) is 3.93. The maximum atomic E-state index is 12.3. The highest BCUT2D eigenvalue weighted by molar-refractivity contribution is 6.04. The van der Waals surface area contributed by atoms with E-state index in [1.54, 1.807) is 0 Å². The van der Waals surface area contributed by atoms with Gasteiger partial charge in [-0.2, -0.15) is 0 Å². The maximum Gasteiger partial charge on any atom is 0.255 e. The molecule has 1 aliphatic rings. The van der Waals surface area contributed by atoms with Gasteiger partial charge in [0.25, 0.3) is 5.91 Å². The van der Waals surface area contributed by atoms with Crippen molar-refractivity contribution in [2.75, 3.05) is 37.4 Å². The average Bonchev–Trinajstić information content (AvgIpc) is 3.18. The van der Waals surface area contributed by atoms with E-state index < -0.39 is 0 Å². The van der Waals surface area contributed by atoms with Gasteiger partial charge < -0.3 is 15.1 Å². The zero-order valence-corrected chi connectivity index (χ0v) is 15.4. The number of rotatable bonds is 5. The largest absolute Gasteiger partial charge is 0.378 e. The van der Waals surface area contributed by atoms with Crippen molar-refractivity contribution in [2.45, 2.75) is 19.3 Å². The summed E-state index contributed by atoms with van der Waals surface area (Å²) in [5.74, 6) is 0.0384. The summed E-state index contributed by atoms with van der Waals surface area (Å²) >= 11 is 0. The molecule has 1 aliphatic heterocycles. The molecule has 2 amide bonds. The van der Waals surface area contributed by atoms with Gasteiger partial charge in [0, 0.05) is 44.1 Å². The minimum atomic E-state index is -0.142. The molecular weight excluding hydrogens is 326 g/mol. The zero-order valence-electron chi connectivity index (χ0n) is 15.4. The first-order valence-electron chi connectivity index (χ1n) is 8.98. The van der Waals surface area contributed by atoms with Crippen LogP contribution in [0.5, 0.6) is 0 Å². The number of likely N-dealkylation sites (tertiary alicyclic amines) is 1. The average molecular weight is 351 g/mol. The van der Waals surface area contributed by atoms with Crippen LogP contribution in [-0.4, -0.2) is 43.9 Å². The predicted octanol–water partition coefficient (Wildman–Crippen LogP) is 3.17. The van der Waals surface area contributed by atoms with Crippen molar-refractivity contribution in [1.82, 2.24) is 4.90 Å². The van der Waals surface area contributed by atoms with Crippen molar-refractivity contribution < 1.29 is 9.59 Å². The molecule has 0 atom stereocenters. The number of benzene rings is 2. The Morgan fingerprint density at radius 2 is 1.58 bits per heavy atom. The molecule has 2 aromatic carbocycles. The molecule has 136 valence electrons. The van der Waals surface area contributed by atoms with Gasteiger partial charge in [-0.25, -0.2) is 0 Å². The maximum absolute atomic E-state index is 12.3. The fourth-order valence-corrected chi connectivity index (χ4v) is 3.07. The normalized spacial score (nSPS) is 13.5. The molecule has 0 aliphatic carbocycles. The van der Waals surface area contributed by atoms with Gasteiger partial charge in [-0.1, -0.05) is 12.1 Å². The van der Waals surface area contributed by atoms with E-state index in [1.165, 1.54) is 0 Å². The molecule has 3 rings (SSSR count). The third kappa shape index (κ3) is 4.42. The number of carbonyl (C=O) groups excluding carboxylic acids is 2. The van der Waals surface area contributed by atoms with Crippen LogP contribution in [0.2, 0.25) is 0 Å². The van der Waals surface area contributed by atoms with Crippen molar-refractivity contribution in [2.24, 2.45) is 0 Å². The fourth-order valence-electron chi connectivity index (χ4n) is 3.07. The Bertz CT molecular complexity index is 761. The van der Waals surface area contributed by atoms with Crippen molar-refractivity contribution in [3.8, 4) is 0 Å². The van der Waals surface area contributed by atoms with E-state index in [0.29, 0.717) is 12.0 Å². The molecular formula is C21H25N3O2. The smallest absolute Gasteiger partial charge is 0.255 e.